The topological polar surface area (TPSA) is 141 Å². The second kappa shape index (κ2) is 7.71. The summed E-state index contributed by atoms with van der Waals surface area (Å²) in [6.45, 7) is 4.91. The van der Waals surface area contributed by atoms with E-state index < -0.39 is 36.5 Å². The van der Waals surface area contributed by atoms with Gasteiger partial charge < -0.3 is 19.9 Å². The molecule has 162 valence electrons. The molecule has 3 heterocycles. The maximum absolute atomic E-state index is 13.4. The van der Waals surface area contributed by atoms with Crippen LogP contribution in [0.4, 0.5) is 5.95 Å². The van der Waals surface area contributed by atoms with Crippen LogP contribution in [-0.2, 0) is 30.3 Å². The van der Waals surface area contributed by atoms with E-state index in [1.54, 1.807) is 4.57 Å². The van der Waals surface area contributed by atoms with Crippen molar-refractivity contribution in [2.24, 2.45) is 5.92 Å². The van der Waals surface area contributed by atoms with Crippen molar-refractivity contribution in [3.05, 3.63) is 16.7 Å². The summed E-state index contributed by atoms with van der Waals surface area (Å²) >= 11 is 0. The van der Waals surface area contributed by atoms with Crippen LogP contribution in [0, 0.1) is 5.92 Å². The molecule has 30 heavy (non-hydrogen) atoms. The Morgan fingerprint density at radius 2 is 1.90 bits per heavy atom. The van der Waals surface area contributed by atoms with E-state index in [9.17, 15) is 14.4 Å². The fourth-order valence-electron chi connectivity index (χ4n) is 3.93. The van der Waals surface area contributed by atoms with Crippen LogP contribution < -0.4 is 11.4 Å². The second-order valence-corrected chi connectivity index (χ2v) is 7.77. The van der Waals surface area contributed by atoms with Crippen molar-refractivity contribution in [1.82, 2.24) is 19.1 Å². The molecular weight excluding hydrogens is 394 g/mol. The standard InChI is InChI=1S/C19H25N5O6/c1-4-13-14(28-9(2)25)15(29-10(3)26)17(30-13)24-16-12(7-21-18(20)22-16)23(19(24)27)8-11-5-6-11/h7,11,13-15,17H,4-6,8H2,1-3H3,(H2,20,21,22)/t13-,14+,15-,17-/m1/s1. The summed E-state index contributed by atoms with van der Waals surface area (Å²) in [4.78, 5) is 45.2. The molecule has 4 rings (SSSR count). The summed E-state index contributed by atoms with van der Waals surface area (Å²) in [5.74, 6) is -0.683. The summed E-state index contributed by atoms with van der Waals surface area (Å²) in [7, 11) is 0. The summed E-state index contributed by atoms with van der Waals surface area (Å²) < 4.78 is 19.9. The van der Waals surface area contributed by atoms with E-state index in [0.29, 0.717) is 24.4 Å². The Bertz CT molecular complexity index is 1040. The van der Waals surface area contributed by atoms with Crippen LogP contribution >= 0.6 is 0 Å². The molecular formula is C19H25N5O6. The van der Waals surface area contributed by atoms with Crippen molar-refractivity contribution in [2.75, 3.05) is 5.73 Å². The number of carbonyl (C=O) groups excluding carboxylic acids is 2. The first kappa shape index (κ1) is 20.3. The molecule has 1 aliphatic heterocycles. The van der Waals surface area contributed by atoms with Gasteiger partial charge in [0, 0.05) is 20.4 Å². The molecule has 1 saturated heterocycles. The lowest BCUT2D eigenvalue weighted by atomic mass is 10.1. The number of carbonyl (C=O) groups is 2. The van der Waals surface area contributed by atoms with E-state index in [2.05, 4.69) is 9.97 Å². The average molecular weight is 419 g/mol. The Labute approximate surface area is 172 Å². The van der Waals surface area contributed by atoms with Crippen LogP contribution in [0.3, 0.4) is 0 Å². The number of esters is 2. The van der Waals surface area contributed by atoms with Gasteiger partial charge in [0.2, 0.25) is 5.95 Å². The van der Waals surface area contributed by atoms with Crippen molar-refractivity contribution in [3.63, 3.8) is 0 Å². The molecule has 0 spiro atoms. The first-order valence-electron chi connectivity index (χ1n) is 10.0. The van der Waals surface area contributed by atoms with Gasteiger partial charge in [0.25, 0.3) is 0 Å². The van der Waals surface area contributed by atoms with Gasteiger partial charge in [0.05, 0.1) is 6.20 Å². The predicted molar refractivity (Wildman–Crippen MR) is 104 cm³/mol. The fourth-order valence-corrected chi connectivity index (χ4v) is 3.93. The van der Waals surface area contributed by atoms with Gasteiger partial charge in [-0.3, -0.25) is 14.2 Å². The van der Waals surface area contributed by atoms with E-state index in [0.717, 1.165) is 12.8 Å². The first-order chi connectivity index (χ1) is 14.3. The largest absolute Gasteiger partial charge is 0.456 e. The smallest absolute Gasteiger partial charge is 0.332 e. The number of hydrogen-bond acceptors (Lipinski definition) is 9. The van der Waals surface area contributed by atoms with Gasteiger partial charge in [-0.05, 0) is 25.2 Å². The first-order valence-corrected chi connectivity index (χ1v) is 10.0. The van der Waals surface area contributed by atoms with Crippen LogP contribution in [0.2, 0.25) is 0 Å². The van der Waals surface area contributed by atoms with Gasteiger partial charge in [-0.25, -0.2) is 14.3 Å². The summed E-state index contributed by atoms with van der Waals surface area (Å²) in [5.41, 5.74) is 6.23. The molecule has 2 N–H and O–H groups in total. The van der Waals surface area contributed by atoms with Crippen LogP contribution in [0.1, 0.15) is 46.3 Å². The van der Waals surface area contributed by atoms with Crippen molar-refractivity contribution in [3.8, 4) is 0 Å². The summed E-state index contributed by atoms with van der Waals surface area (Å²) in [6, 6.07) is 0. The fraction of sp³-hybridized carbons (Fsp3) is 0.632. The summed E-state index contributed by atoms with van der Waals surface area (Å²) in [5, 5.41) is 0. The van der Waals surface area contributed by atoms with Crippen LogP contribution in [-0.4, -0.2) is 49.4 Å². The third-order valence-corrected chi connectivity index (χ3v) is 5.41. The molecule has 2 aromatic rings. The minimum atomic E-state index is -1.02. The molecule has 2 aliphatic rings. The van der Waals surface area contributed by atoms with E-state index in [-0.39, 0.29) is 17.3 Å². The third kappa shape index (κ3) is 3.64. The zero-order valence-corrected chi connectivity index (χ0v) is 17.1. The van der Waals surface area contributed by atoms with Gasteiger partial charge >= 0.3 is 17.6 Å². The lowest BCUT2D eigenvalue weighted by Crippen LogP contribution is -2.40. The Balaban J connectivity index is 1.85. The van der Waals surface area contributed by atoms with E-state index in [1.807, 2.05) is 6.92 Å². The number of ether oxygens (including phenoxy) is 3. The molecule has 0 aromatic carbocycles. The minimum Gasteiger partial charge on any atom is -0.456 e. The molecule has 2 aromatic heterocycles. The number of imidazole rings is 1. The van der Waals surface area contributed by atoms with Crippen LogP contribution in [0.5, 0.6) is 0 Å². The molecule has 11 heteroatoms. The second-order valence-electron chi connectivity index (χ2n) is 7.77. The van der Waals surface area contributed by atoms with Gasteiger partial charge in [0.15, 0.2) is 24.1 Å². The van der Waals surface area contributed by atoms with Crippen molar-refractivity contribution in [1.29, 1.82) is 0 Å². The summed E-state index contributed by atoms with van der Waals surface area (Å²) in [6.07, 6.45) is 0.658. The maximum atomic E-state index is 13.4. The Hall–Kier alpha value is -2.95. The molecule has 1 saturated carbocycles. The lowest BCUT2D eigenvalue weighted by Gasteiger charge is -2.23. The normalized spacial score (nSPS) is 26.1. The van der Waals surface area contributed by atoms with Gasteiger partial charge in [-0.1, -0.05) is 6.92 Å². The molecule has 2 fully saturated rings. The minimum absolute atomic E-state index is 0.00503. The highest BCUT2D eigenvalue weighted by Crippen LogP contribution is 2.37. The molecule has 1 aliphatic carbocycles. The molecule has 11 nitrogen and oxygen atoms in total. The maximum Gasteiger partial charge on any atom is 0.332 e. The van der Waals surface area contributed by atoms with Crippen LogP contribution in [0.25, 0.3) is 11.2 Å². The zero-order chi connectivity index (χ0) is 21.6. The number of nitrogens with two attached hydrogens (primary N) is 1. The molecule has 4 atom stereocenters. The highest BCUT2D eigenvalue weighted by atomic mass is 16.6. The van der Waals surface area contributed by atoms with Crippen molar-refractivity contribution in [2.45, 2.75) is 71.1 Å². The molecule has 0 bridgehead atoms. The Morgan fingerprint density at radius 1 is 1.23 bits per heavy atom. The molecule has 0 radical (unpaired) electrons. The van der Waals surface area contributed by atoms with Crippen molar-refractivity contribution < 1.29 is 23.8 Å². The van der Waals surface area contributed by atoms with Gasteiger partial charge in [-0.15, -0.1) is 0 Å². The van der Waals surface area contributed by atoms with E-state index in [4.69, 9.17) is 19.9 Å². The highest BCUT2D eigenvalue weighted by Gasteiger charge is 2.50. The number of anilines is 1. The molecule has 0 amide bonds. The number of hydrogen-bond donors (Lipinski definition) is 1. The van der Waals surface area contributed by atoms with Gasteiger partial charge in [0.1, 0.15) is 11.6 Å². The van der Waals surface area contributed by atoms with E-state index in [1.165, 1.54) is 24.6 Å². The Morgan fingerprint density at radius 3 is 2.50 bits per heavy atom. The lowest BCUT2D eigenvalue weighted by molar-refractivity contribution is -0.165. The number of rotatable bonds is 6. The third-order valence-electron chi connectivity index (χ3n) is 5.41. The number of nitrogens with zero attached hydrogens (tertiary/aromatic N) is 4. The van der Waals surface area contributed by atoms with Crippen LogP contribution in [0.15, 0.2) is 11.0 Å². The van der Waals surface area contributed by atoms with Gasteiger partial charge in [-0.2, -0.15) is 4.98 Å². The number of fused-ring (bicyclic) bond motifs is 1. The average Bonchev–Trinajstić information content (AvgIpc) is 3.39. The zero-order valence-electron chi connectivity index (χ0n) is 17.1. The number of nitrogen functional groups attached to an aromatic ring is 1. The monoisotopic (exact) mass is 419 g/mol. The Kier molecular flexibility index (Phi) is 5.22. The quantitative estimate of drug-likeness (QED) is 0.672. The SMILES string of the molecule is CC[C@H]1O[C@@H](n2c(=O)n(CC3CC3)c3cnc(N)nc32)[C@H](OC(C)=O)[C@H]1OC(C)=O. The highest BCUT2D eigenvalue weighted by molar-refractivity contribution is 5.72. The van der Waals surface area contributed by atoms with E-state index >= 15 is 0 Å². The van der Waals surface area contributed by atoms with Crippen molar-refractivity contribution >= 4 is 29.1 Å². The number of aromatic nitrogens is 4. The molecule has 0 unspecified atom stereocenters. The predicted octanol–water partition coefficient (Wildman–Crippen LogP) is 0.756.